The summed E-state index contributed by atoms with van der Waals surface area (Å²) < 4.78 is 0.764. The number of hydrogen-bond acceptors (Lipinski definition) is 3. The van der Waals surface area contributed by atoms with Gasteiger partial charge in [0.2, 0.25) is 0 Å². The number of nitrogens with zero attached hydrogens (tertiary/aromatic N) is 2. The number of rotatable bonds is 2. The minimum absolute atomic E-state index is 0.270. The fourth-order valence-corrected chi connectivity index (χ4v) is 1.99. The van der Waals surface area contributed by atoms with Gasteiger partial charge in [0.05, 0.1) is 15.5 Å². The molecule has 0 atom stereocenters. The standard InChI is InChI=1S/C11H6Cl2IN3O/c12-9-3-6(1-2-15-9)11(18)17-7-4-8(14)10(13)16-5-7/h1-5H,(H,17,18). The normalized spacial score (nSPS) is 10.2. The van der Waals surface area contributed by atoms with Gasteiger partial charge in [0, 0.05) is 11.8 Å². The van der Waals surface area contributed by atoms with Gasteiger partial charge in [-0.2, -0.15) is 0 Å². The van der Waals surface area contributed by atoms with E-state index in [9.17, 15) is 4.79 Å². The molecular weight excluding hydrogens is 388 g/mol. The summed E-state index contributed by atoms with van der Waals surface area (Å²) >= 11 is 13.6. The fraction of sp³-hybridized carbons (Fsp3) is 0. The van der Waals surface area contributed by atoms with E-state index < -0.39 is 0 Å². The number of pyridine rings is 2. The molecule has 0 bridgehead atoms. The van der Waals surface area contributed by atoms with Gasteiger partial charge in [-0.15, -0.1) is 0 Å². The van der Waals surface area contributed by atoms with E-state index in [1.165, 1.54) is 18.5 Å². The van der Waals surface area contributed by atoms with Gasteiger partial charge in [0.25, 0.3) is 5.91 Å². The summed E-state index contributed by atoms with van der Waals surface area (Å²) in [5, 5.41) is 3.38. The van der Waals surface area contributed by atoms with Crippen molar-refractivity contribution in [3.8, 4) is 0 Å². The van der Waals surface area contributed by atoms with E-state index in [0.29, 0.717) is 16.4 Å². The monoisotopic (exact) mass is 393 g/mol. The van der Waals surface area contributed by atoms with Crippen LogP contribution in [0.3, 0.4) is 0 Å². The Balaban J connectivity index is 2.18. The lowest BCUT2D eigenvalue weighted by atomic mass is 10.2. The summed E-state index contributed by atoms with van der Waals surface area (Å²) in [6, 6.07) is 4.80. The Morgan fingerprint density at radius 1 is 1.28 bits per heavy atom. The van der Waals surface area contributed by atoms with E-state index in [1.807, 2.05) is 22.6 Å². The molecule has 0 radical (unpaired) electrons. The van der Waals surface area contributed by atoms with E-state index in [4.69, 9.17) is 23.2 Å². The molecule has 0 aromatic carbocycles. The van der Waals surface area contributed by atoms with E-state index in [2.05, 4.69) is 15.3 Å². The number of hydrogen-bond donors (Lipinski definition) is 1. The van der Waals surface area contributed by atoms with Gasteiger partial charge in [-0.25, -0.2) is 9.97 Å². The zero-order chi connectivity index (χ0) is 13.1. The summed E-state index contributed by atoms with van der Waals surface area (Å²) in [5.41, 5.74) is 1.00. The summed E-state index contributed by atoms with van der Waals surface area (Å²) in [7, 11) is 0. The summed E-state index contributed by atoms with van der Waals surface area (Å²) in [4.78, 5) is 19.7. The van der Waals surface area contributed by atoms with Crippen LogP contribution in [0.15, 0.2) is 30.6 Å². The average Bonchev–Trinajstić information content (AvgIpc) is 2.34. The van der Waals surface area contributed by atoms with Crippen molar-refractivity contribution >= 4 is 57.4 Å². The predicted octanol–water partition coefficient (Wildman–Crippen LogP) is 3.64. The van der Waals surface area contributed by atoms with E-state index in [-0.39, 0.29) is 11.1 Å². The summed E-state index contributed by atoms with van der Waals surface area (Å²) in [5.74, 6) is -0.278. The lowest BCUT2D eigenvalue weighted by Crippen LogP contribution is -2.12. The second kappa shape index (κ2) is 5.81. The van der Waals surface area contributed by atoms with Crippen molar-refractivity contribution in [1.82, 2.24) is 9.97 Å². The smallest absolute Gasteiger partial charge is 0.255 e. The van der Waals surface area contributed by atoms with Gasteiger partial charge < -0.3 is 5.32 Å². The third-order valence-electron chi connectivity index (χ3n) is 2.04. The minimum Gasteiger partial charge on any atom is -0.321 e. The molecule has 0 aliphatic heterocycles. The van der Waals surface area contributed by atoms with Crippen LogP contribution in [-0.4, -0.2) is 15.9 Å². The van der Waals surface area contributed by atoms with Crippen LogP contribution in [0.1, 0.15) is 10.4 Å². The number of nitrogens with one attached hydrogen (secondary N) is 1. The van der Waals surface area contributed by atoms with Crippen LogP contribution in [0, 0.1) is 3.57 Å². The van der Waals surface area contributed by atoms with Crippen LogP contribution in [-0.2, 0) is 0 Å². The zero-order valence-corrected chi connectivity index (χ0v) is 12.5. The molecule has 0 aliphatic carbocycles. The number of carbonyl (C=O) groups is 1. The minimum atomic E-state index is -0.278. The molecule has 2 aromatic heterocycles. The highest BCUT2D eigenvalue weighted by molar-refractivity contribution is 14.1. The number of halogens is 3. The lowest BCUT2D eigenvalue weighted by molar-refractivity contribution is 0.102. The van der Waals surface area contributed by atoms with Crippen molar-refractivity contribution in [2.75, 3.05) is 5.32 Å². The fourth-order valence-electron chi connectivity index (χ4n) is 1.24. The van der Waals surface area contributed by atoms with Crippen molar-refractivity contribution in [2.45, 2.75) is 0 Å². The predicted molar refractivity (Wildman–Crippen MR) is 79.2 cm³/mol. The third kappa shape index (κ3) is 3.30. The summed E-state index contributed by atoms with van der Waals surface area (Å²) in [6.45, 7) is 0. The second-order valence-electron chi connectivity index (χ2n) is 3.32. The number of anilines is 1. The number of aromatic nitrogens is 2. The first kappa shape index (κ1) is 13.5. The highest BCUT2D eigenvalue weighted by atomic mass is 127. The molecule has 1 N–H and O–H groups in total. The van der Waals surface area contributed by atoms with Crippen molar-refractivity contribution in [3.63, 3.8) is 0 Å². The Hall–Kier alpha value is -0.920. The molecule has 0 unspecified atom stereocenters. The van der Waals surface area contributed by atoms with E-state index in [1.54, 1.807) is 12.1 Å². The number of amides is 1. The molecule has 0 saturated carbocycles. The Labute approximate surface area is 127 Å². The van der Waals surface area contributed by atoms with Crippen molar-refractivity contribution in [3.05, 3.63) is 50.0 Å². The maximum absolute atomic E-state index is 11.9. The van der Waals surface area contributed by atoms with Crippen LogP contribution in [0.25, 0.3) is 0 Å². The topological polar surface area (TPSA) is 54.9 Å². The van der Waals surface area contributed by atoms with Gasteiger partial charge in [0.15, 0.2) is 0 Å². The van der Waals surface area contributed by atoms with Crippen molar-refractivity contribution in [1.29, 1.82) is 0 Å². The van der Waals surface area contributed by atoms with Gasteiger partial charge in [-0.3, -0.25) is 4.79 Å². The average molecular weight is 394 g/mol. The summed E-state index contributed by atoms with van der Waals surface area (Å²) in [6.07, 6.45) is 2.96. The molecule has 0 aliphatic rings. The van der Waals surface area contributed by atoms with Crippen LogP contribution < -0.4 is 5.32 Å². The van der Waals surface area contributed by atoms with Crippen LogP contribution in [0.2, 0.25) is 10.3 Å². The molecule has 7 heteroatoms. The molecule has 2 heterocycles. The van der Waals surface area contributed by atoms with Gasteiger partial charge in [-0.05, 0) is 40.8 Å². The molecule has 2 rings (SSSR count). The molecular formula is C11H6Cl2IN3O. The Bertz CT molecular complexity index is 607. The first-order chi connectivity index (χ1) is 8.56. The molecule has 0 saturated heterocycles. The zero-order valence-electron chi connectivity index (χ0n) is 8.82. The third-order valence-corrected chi connectivity index (χ3v) is 3.69. The molecule has 92 valence electrons. The molecule has 4 nitrogen and oxygen atoms in total. The first-order valence-corrected chi connectivity index (χ1v) is 6.63. The van der Waals surface area contributed by atoms with E-state index in [0.717, 1.165) is 3.57 Å². The highest BCUT2D eigenvalue weighted by Gasteiger charge is 2.08. The molecule has 1 amide bonds. The SMILES string of the molecule is O=C(Nc1cnc(Cl)c(I)c1)c1ccnc(Cl)c1. The van der Waals surface area contributed by atoms with Crippen molar-refractivity contribution in [2.24, 2.45) is 0 Å². The lowest BCUT2D eigenvalue weighted by Gasteiger charge is -2.05. The van der Waals surface area contributed by atoms with Gasteiger partial charge in [0.1, 0.15) is 10.3 Å². The first-order valence-electron chi connectivity index (χ1n) is 4.80. The molecule has 2 aromatic rings. The quantitative estimate of drug-likeness (QED) is 0.626. The van der Waals surface area contributed by atoms with Crippen LogP contribution in [0.4, 0.5) is 5.69 Å². The molecule has 18 heavy (non-hydrogen) atoms. The van der Waals surface area contributed by atoms with E-state index >= 15 is 0 Å². The maximum atomic E-state index is 11.9. The second-order valence-corrected chi connectivity index (χ2v) is 5.23. The highest BCUT2D eigenvalue weighted by Crippen LogP contribution is 2.19. The Morgan fingerprint density at radius 3 is 2.72 bits per heavy atom. The van der Waals surface area contributed by atoms with Gasteiger partial charge in [-0.1, -0.05) is 23.2 Å². The number of carbonyl (C=O) groups excluding carboxylic acids is 1. The Kier molecular flexibility index (Phi) is 4.36. The maximum Gasteiger partial charge on any atom is 0.255 e. The Morgan fingerprint density at radius 2 is 2.06 bits per heavy atom. The molecule has 0 fully saturated rings. The molecule has 0 spiro atoms. The largest absolute Gasteiger partial charge is 0.321 e. The van der Waals surface area contributed by atoms with Crippen LogP contribution in [0.5, 0.6) is 0 Å². The van der Waals surface area contributed by atoms with Crippen LogP contribution >= 0.6 is 45.8 Å². The van der Waals surface area contributed by atoms with Gasteiger partial charge >= 0.3 is 0 Å². The van der Waals surface area contributed by atoms with Crippen molar-refractivity contribution < 1.29 is 4.79 Å².